The van der Waals surface area contributed by atoms with Crippen LogP contribution in [0.15, 0.2) is 6.20 Å². The van der Waals surface area contributed by atoms with Gasteiger partial charge in [-0.2, -0.15) is 5.10 Å². The van der Waals surface area contributed by atoms with Crippen LogP contribution in [0, 0.1) is 12.8 Å². The number of hydrogen-bond donors (Lipinski definition) is 0. The van der Waals surface area contributed by atoms with Gasteiger partial charge >= 0.3 is 0 Å². The van der Waals surface area contributed by atoms with Crippen molar-refractivity contribution in [2.45, 2.75) is 20.4 Å². The van der Waals surface area contributed by atoms with Crippen LogP contribution in [0.25, 0.3) is 0 Å². The van der Waals surface area contributed by atoms with Crippen molar-refractivity contribution < 1.29 is 4.74 Å². The summed E-state index contributed by atoms with van der Waals surface area (Å²) < 4.78 is 7.44. The maximum atomic E-state index is 5.51. The molecule has 0 saturated heterocycles. The van der Waals surface area contributed by atoms with E-state index in [2.05, 4.69) is 12.0 Å². The minimum Gasteiger partial charge on any atom is -0.477 e. The molecule has 0 saturated carbocycles. The normalized spacial score (nSPS) is 22.5. The molecule has 60 valence electrons. The second-order valence-electron chi connectivity index (χ2n) is 3.23. The molecule has 3 nitrogen and oxygen atoms in total. The van der Waals surface area contributed by atoms with E-state index in [9.17, 15) is 0 Å². The van der Waals surface area contributed by atoms with Gasteiger partial charge in [0.1, 0.15) is 0 Å². The Morgan fingerprint density at radius 3 is 3.36 bits per heavy atom. The van der Waals surface area contributed by atoms with Crippen molar-refractivity contribution in [3.05, 3.63) is 11.8 Å². The predicted octanol–water partition coefficient (Wildman–Crippen LogP) is 1.22. The molecule has 1 atom stereocenters. The van der Waals surface area contributed by atoms with Crippen molar-refractivity contribution in [1.82, 2.24) is 9.78 Å². The van der Waals surface area contributed by atoms with Crippen LogP contribution < -0.4 is 4.74 Å². The summed E-state index contributed by atoms with van der Waals surface area (Å²) in [6, 6.07) is 0. The van der Waals surface area contributed by atoms with Crippen molar-refractivity contribution in [2.75, 3.05) is 6.61 Å². The Labute approximate surface area is 66.0 Å². The quantitative estimate of drug-likeness (QED) is 0.559. The maximum absolute atomic E-state index is 5.51. The van der Waals surface area contributed by atoms with E-state index in [0.717, 1.165) is 24.6 Å². The minimum absolute atomic E-state index is 0.585. The molecule has 0 amide bonds. The number of nitrogens with zero attached hydrogens (tertiary/aromatic N) is 2. The van der Waals surface area contributed by atoms with Gasteiger partial charge in [0, 0.05) is 11.5 Å². The zero-order chi connectivity index (χ0) is 7.84. The first-order valence-electron chi connectivity index (χ1n) is 3.92. The van der Waals surface area contributed by atoms with Crippen molar-refractivity contribution in [2.24, 2.45) is 5.92 Å². The number of aryl methyl sites for hydroxylation is 1. The summed E-state index contributed by atoms with van der Waals surface area (Å²) in [6.45, 7) is 6.00. The van der Waals surface area contributed by atoms with Crippen molar-refractivity contribution in [1.29, 1.82) is 0 Å². The van der Waals surface area contributed by atoms with E-state index in [1.54, 1.807) is 0 Å². The zero-order valence-corrected chi connectivity index (χ0v) is 6.87. The average Bonchev–Trinajstić information content (AvgIpc) is 2.32. The molecule has 11 heavy (non-hydrogen) atoms. The van der Waals surface area contributed by atoms with Gasteiger partial charge in [-0.1, -0.05) is 6.92 Å². The molecule has 0 aromatic carbocycles. The van der Waals surface area contributed by atoms with Crippen LogP contribution >= 0.6 is 0 Å². The molecule has 3 heteroatoms. The summed E-state index contributed by atoms with van der Waals surface area (Å²) in [4.78, 5) is 0. The summed E-state index contributed by atoms with van der Waals surface area (Å²) >= 11 is 0. The van der Waals surface area contributed by atoms with Gasteiger partial charge in [-0.3, -0.25) is 0 Å². The van der Waals surface area contributed by atoms with Crippen molar-refractivity contribution >= 4 is 0 Å². The highest BCUT2D eigenvalue weighted by Crippen LogP contribution is 2.22. The molecular formula is C8H12N2O. The summed E-state index contributed by atoms with van der Waals surface area (Å²) in [5.41, 5.74) is 1.14. The van der Waals surface area contributed by atoms with Crippen LogP contribution in [0.4, 0.5) is 0 Å². The first kappa shape index (κ1) is 6.70. The monoisotopic (exact) mass is 152 g/mol. The fraction of sp³-hybridized carbons (Fsp3) is 0.625. The van der Waals surface area contributed by atoms with Gasteiger partial charge in [0.2, 0.25) is 5.88 Å². The van der Waals surface area contributed by atoms with E-state index in [1.165, 1.54) is 0 Å². The molecule has 0 bridgehead atoms. The second-order valence-corrected chi connectivity index (χ2v) is 3.23. The molecule has 0 radical (unpaired) electrons. The summed E-state index contributed by atoms with van der Waals surface area (Å²) in [6.07, 6.45) is 1.85. The lowest BCUT2D eigenvalue weighted by molar-refractivity contribution is 0.174. The molecule has 0 aliphatic carbocycles. The Morgan fingerprint density at radius 2 is 2.55 bits per heavy atom. The number of rotatable bonds is 0. The highest BCUT2D eigenvalue weighted by molar-refractivity contribution is 5.23. The lowest BCUT2D eigenvalue weighted by Gasteiger charge is -2.21. The van der Waals surface area contributed by atoms with Crippen molar-refractivity contribution in [3.8, 4) is 5.88 Å². The Kier molecular flexibility index (Phi) is 1.37. The first-order chi connectivity index (χ1) is 5.27. The number of hydrogen-bond acceptors (Lipinski definition) is 2. The van der Waals surface area contributed by atoms with Gasteiger partial charge in [0.05, 0.1) is 19.3 Å². The van der Waals surface area contributed by atoms with Crippen LogP contribution in [-0.2, 0) is 6.54 Å². The molecule has 0 unspecified atom stereocenters. The summed E-state index contributed by atoms with van der Waals surface area (Å²) in [5, 5.41) is 4.20. The Bertz CT molecular complexity index is 267. The lowest BCUT2D eigenvalue weighted by Crippen LogP contribution is -2.23. The Morgan fingerprint density at radius 1 is 1.73 bits per heavy atom. The molecular weight excluding hydrogens is 140 g/mol. The van der Waals surface area contributed by atoms with Crippen LogP contribution in [0.1, 0.15) is 12.5 Å². The van der Waals surface area contributed by atoms with Crippen LogP contribution in [0.5, 0.6) is 5.88 Å². The first-order valence-corrected chi connectivity index (χ1v) is 3.92. The third kappa shape index (κ3) is 1.00. The summed E-state index contributed by atoms with van der Waals surface area (Å²) in [5.74, 6) is 1.53. The largest absolute Gasteiger partial charge is 0.477 e. The molecule has 1 aliphatic heterocycles. The predicted molar refractivity (Wildman–Crippen MR) is 41.6 cm³/mol. The molecule has 0 N–H and O–H groups in total. The fourth-order valence-electron chi connectivity index (χ4n) is 1.36. The fourth-order valence-corrected chi connectivity index (χ4v) is 1.36. The van der Waals surface area contributed by atoms with Crippen LogP contribution in [-0.4, -0.2) is 16.4 Å². The number of ether oxygens (including phenoxy) is 1. The van der Waals surface area contributed by atoms with Crippen LogP contribution in [0.3, 0.4) is 0 Å². The number of fused-ring (bicyclic) bond motifs is 1. The lowest BCUT2D eigenvalue weighted by atomic mass is 10.2. The highest BCUT2D eigenvalue weighted by Gasteiger charge is 2.17. The molecule has 0 spiro atoms. The summed E-state index contributed by atoms with van der Waals surface area (Å²) in [7, 11) is 0. The van der Waals surface area contributed by atoms with E-state index >= 15 is 0 Å². The maximum Gasteiger partial charge on any atom is 0.214 e. The van der Waals surface area contributed by atoms with E-state index in [4.69, 9.17) is 4.74 Å². The van der Waals surface area contributed by atoms with Gasteiger partial charge in [-0.15, -0.1) is 0 Å². The highest BCUT2D eigenvalue weighted by atomic mass is 16.5. The van der Waals surface area contributed by atoms with Gasteiger partial charge in [-0.25, -0.2) is 4.68 Å². The molecule has 1 aromatic rings. The minimum atomic E-state index is 0.585. The van der Waals surface area contributed by atoms with E-state index in [-0.39, 0.29) is 0 Å². The van der Waals surface area contributed by atoms with E-state index < -0.39 is 0 Å². The van der Waals surface area contributed by atoms with Crippen LogP contribution in [0.2, 0.25) is 0 Å². The Balaban J connectivity index is 2.36. The molecule has 2 rings (SSSR count). The Hall–Kier alpha value is -0.990. The third-order valence-electron chi connectivity index (χ3n) is 1.95. The van der Waals surface area contributed by atoms with Gasteiger partial charge in [-0.05, 0) is 6.92 Å². The van der Waals surface area contributed by atoms with E-state index in [1.807, 2.05) is 17.8 Å². The smallest absolute Gasteiger partial charge is 0.214 e. The molecule has 1 aromatic heterocycles. The van der Waals surface area contributed by atoms with Crippen molar-refractivity contribution in [3.63, 3.8) is 0 Å². The SMILES string of the molecule is Cc1cnn2c1OC[C@H](C)C2. The molecule has 2 heterocycles. The van der Waals surface area contributed by atoms with Gasteiger partial charge in [0.25, 0.3) is 0 Å². The molecule has 0 fully saturated rings. The molecule has 1 aliphatic rings. The van der Waals surface area contributed by atoms with Gasteiger partial charge < -0.3 is 4.74 Å². The third-order valence-corrected chi connectivity index (χ3v) is 1.95. The van der Waals surface area contributed by atoms with Gasteiger partial charge in [0.15, 0.2) is 0 Å². The second kappa shape index (κ2) is 2.26. The standard InChI is InChI=1S/C8H12N2O/c1-6-4-10-8(11-5-6)7(2)3-9-10/h3,6H,4-5H2,1-2H3/t6-/m1/s1. The average molecular weight is 152 g/mol. The van der Waals surface area contributed by atoms with E-state index in [0.29, 0.717) is 5.92 Å². The topological polar surface area (TPSA) is 27.1 Å². The number of aromatic nitrogens is 2. The zero-order valence-electron chi connectivity index (χ0n) is 6.87.